The van der Waals surface area contributed by atoms with E-state index in [2.05, 4.69) is 0 Å². The highest BCUT2D eigenvalue weighted by atomic mass is 16.6. The van der Waals surface area contributed by atoms with E-state index >= 15 is 0 Å². The maximum Gasteiger partial charge on any atom is 0.165 e. The molecule has 2 aromatic rings. The molecule has 0 aliphatic carbocycles. The summed E-state index contributed by atoms with van der Waals surface area (Å²) in [5, 5.41) is 0. The first-order valence-electron chi connectivity index (χ1n) is 7.47. The van der Waals surface area contributed by atoms with Crippen molar-refractivity contribution in [3.8, 4) is 34.5 Å². The van der Waals surface area contributed by atoms with Crippen molar-refractivity contribution in [2.24, 2.45) is 0 Å². The van der Waals surface area contributed by atoms with Gasteiger partial charge >= 0.3 is 0 Å². The summed E-state index contributed by atoms with van der Waals surface area (Å²) < 4.78 is 33.1. The maximum atomic E-state index is 6.08. The fourth-order valence-electron chi connectivity index (χ4n) is 2.70. The average Bonchev–Trinajstić information content (AvgIpc) is 3.03. The van der Waals surface area contributed by atoms with Crippen LogP contribution in [0.2, 0.25) is 0 Å². The van der Waals surface area contributed by atoms with Gasteiger partial charge in [-0.15, -0.1) is 0 Å². The molecule has 0 radical (unpaired) electrons. The Morgan fingerprint density at radius 1 is 0.792 bits per heavy atom. The summed E-state index contributed by atoms with van der Waals surface area (Å²) >= 11 is 0. The third-order valence-electron chi connectivity index (χ3n) is 3.88. The van der Waals surface area contributed by atoms with Crippen molar-refractivity contribution in [1.82, 2.24) is 0 Å². The van der Waals surface area contributed by atoms with Crippen LogP contribution in [-0.4, -0.2) is 35.0 Å². The Labute approximate surface area is 140 Å². The number of methoxy groups -OCH3 is 4. The van der Waals surface area contributed by atoms with Gasteiger partial charge in [0.15, 0.2) is 17.6 Å². The van der Waals surface area contributed by atoms with E-state index in [4.69, 9.17) is 28.4 Å². The van der Waals surface area contributed by atoms with Gasteiger partial charge in [0.2, 0.25) is 0 Å². The molecular weight excluding hydrogens is 312 g/mol. The van der Waals surface area contributed by atoms with Crippen molar-refractivity contribution >= 4 is 0 Å². The molecule has 1 aliphatic rings. The summed E-state index contributed by atoms with van der Waals surface area (Å²) in [7, 11) is 6.40. The summed E-state index contributed by atoms with van der Waals surface area (Å²) in [5.41, 5.74) is 0.869. The zero-order chi connectivity index (χ0) is 17.1. The summed E-state index contributed by atoms with van der Waals surface area (Å²) in [6.45, 7) is 0.396. The largest absolute Gasteiger partial charge is 0.496 e. The molecule has 0 saturated carbocycles. The van der Waals surface area contributed by atoms with Gasteiger partial charge in [-0.3, -0.25) is 0 Å². The van der Waals surface area contributed by atoms with Crippen LogP contribution in [0.3, 0.4) is 0 Å². The molecule has 6 nitrogen and oxygen atoms in total. The molecule has 0 bridgehead atoms. The zero-order valence-electron chi connectivity index (χ0n) is 14.1. The second kappa shape index (κ2) is 6.78. The van der Waals surface area contributed by atoms with Crippen LogP contribution in [0.4, 0.5) is 0 Å². The van der Waals surface area contributed by atoms with Crippen molar-refractivity contribution in [3.63, 3.8) is 0 Å². The van der Waals surface area contributed by atoms with Gasteiger partial charge in [-0.05, 0) is 12.1 Å². The number of benzene rings is 2. The van der Waals surface area contributed by atoms with E-state index in [0.717, 1.165) is 5.56 Å². The average molecular weight is 332 g/mol. The quantitative estimate of drug-likeness (QED) is 0.809. The number of hydrogen-bond donors (Lipinski definition) is 0. The third kappa shape index (κ3) is 2.87. The lowest BCUT2D eigenvalue weighted by Crippen LogP contribution is -2.10. The minimum Gasteiger partial charge on any atom is -0.496 e. The molecule has 0 spiro atoms. The molecule has 0 N–H and O–H groups in total. The van der Waals surface area contributed by atoms with E-state index in [1.54, 1.807) is 40.6 Å². The smallest absolute Gasteiger partial charge is 0.165 e. The van der Waals surface area contributed by atoms with Crippen LogP contribution in [0.15, 0.2) is 30.3 Å². The van der Waals surface area contributed by atoms with Gasteiger partial charge in [-0.2, -0.15) is 0 Å². The molecule has 1 unspecified atom stereocenters. The molecule has 6 heteroatoms. The summed E-state index contributed by atoms with van der Waals surface area (Å²) in [6.07, 6.45) is -0.279. The number of hydrogen-bond acceptors (Lipinski definition) is 6. The van der Waals surface area contributed by atoms with Crippen molar-refractivity contribution in [3.05, 3.63) is 35.9 Å². The van der Waals surface area contributed by atoms with E-state index in [9.17, 15) is 0 Å². The Morgan fingerprint density at radius 2 is 1.50 bits per heavy atom. The lowest BCUT2D eigenvalue weighted by atomic mass is 10.1. The van der Waals surface area contributed by atoms with Gasteiger partial charge in [-0.1, -0.05) is 0 Å². The van der Waals surface area contributed by atoms with Gasteiger partial charge < -0.3 is 28.4 Å². The molecular formula is C18H20O6. The summed E-state index contributed by atoms with van der Waals surface area (Å²) in [6, 6.07) is 9.06. The SMILES string of the molecule is COc1cc(OC)c2c(c1)OCC2Oc1ccc(OC)c(OC)c1. The van der Waals surface area contributed by atoms with Crippen LogP contribution in [0, 0.1) is 0 Å². The van der Waals surface area contributed by atoms with Crippen LogP contribution in [-0.2, 0) is 0 Å². The van der Waals surface area contributed by atoms with Crippen molar-refractivity contribution < 1.29 is 28.4 Å². The number of fused-ring (bicyclic) bond motifs is 1. The van der Waals surface area contributed by atoms with E-state index in [1.807, 2.05) is 18.2 Å². The second-order valence-corrected chi connectivity index (χ2v) is 5.18. The molecule has 0 amide bonds. The number of ether oxygens (including phenoxy) is 6. The fourth-order valence-corrected chi connectivity index (χ4v) is 2.70. The standard InChI is InChI=1S/C18H20O6/c1-19-12-8-15(22-4)18-16(9-12)23-10-17(18)24-11-5-6-13(20-2)14(7-11)21-3/h5-9,17H,10H2,1-4H3. The van der Waals surface area contributed by atoms with Crippen molar-refractivity contribution in [2.45, 2.75) is 6.10 Å². The first kappa shape index (κ1) is 16.1. The van der Waals surface area contributed by atoms with Crippen LogP contribution in [0.1, 0.15) is 11.7 Å². The highest BCUT2D eigenvalue weighted by molar-refractivity contribution is 5.54. The van der Waals surface area contributed by atoms with Gasteiger partial charge in [-0.25, -0.2) is 0 Å². The van der Waals surface area contributed by atoms with Gasteiger partial charge in [0.1, 0.15) is 29.6 Å². The Kier molecular flexibility index (Phi) is 4.55. The predicted molar refractivity (Wildman–Crippen MR) is 88.0 cm³/mol. The predicted octanol–water partition coefficient (Wildman–Crippen LogP) is 3.23. The topological polar surface area (TPSA) is 55.4 Å². The van der Waals surface area contributed by atoms with Crippen LogP contribution in [0.25, 0.3) is 0 Å². The van der Waals surface area contributed by atoms with E-state index in [1.165, 1.54) is 0 Å². The van der Waals surface area contributed by atoms with Crippen LogP contribution >= 0.6 is 0 Å². The van der Waals surface area contributed by atoms with Gasteiger partial charge in [0, 0.05) is 18.2 Å². The Hall–Kier alpha value is -2.76. The lowest BCUT2D eigenvalue weighted by molar-refractivity contribution is 0.160. The fraction of sp³-hybridized carbons (Fsp3) is 0.333. The lowest BCUT2D eigenvalue weighted by Gasteiger charge is -2.17. The third-order valence-corrected chi connectivity index (χ3v) is 3.88. The zero-order valence-corrected chi connectivity index (χ0v) is 14.1. The van der Waals surface area contributed by atoms with Gasteiger partial charge in [0.05, 0.1) is 34.0 Å². The molecule has 24 heavy (non-hydrogen) atoms. The first-order valence-corrected chi connectivity index (χ1v) is 7.47. The van der Waals surface area contributed by atoms with Crippen LogP contribution < -0.4 is 28.4 Å². The molecule has 0 fully saturated rings. The maximum absolute atomic E-state index is 6.08. The highest BCUT2D eigenvalue weighted by Gasteiger charge is 2.31. The minimum atomic E-state index is -0.279. The molecule has 128 valence electrons. The Bertz CT molecular complexity index is 728. The molecule has 1 heterocycles. The molecule has 0 aromatic heterocycles. The molecule has 1 atom stereocenters. The van der Waals surface area contributed by atoms with E-state index in [-0.39, 0.29) is 6.10 Å². The molecule has 3 rings (SSSR count). The normalized spacial score (nSPS) is 15.2. The molecule has 0 saturated heterocycles. The van der Waals surface area contributed by atoms with Crippen molar-refractivity contribution in [2.75, 3.05) is 35.0 Å². The molecule has 1 aliphatic heterocycles. The number of rotatable bonds is 6. The Balaban J connectivity index is 1.89. The highest BCUT2D eigenvalue weighted by Crippen LogP contribution is 2.44. The van der Waals surface area contributed by atoms with Gasteiger partial charge in [0.25, 0.3) is 0 Å². The van der Waals surface area contributed by atoms with E-state index in [0.29, 0.717) is 41.1 Å². The second-order valence-electron chi connectivity index (χ2n) is 5.18. The minimum absolute atomic E-state index is 0.279. The summed E-state index contributed by atoms with van der Waals surface area (Å²) in [5.74, 6) is 3.97. The van der Waals surface area contributed by atoms with Crippen molar-refractivity contribution in [1.29, 1.82) is 0 Å². The molecule has 2 aromatic carbocycles. The first-order chi connectivity index (χ1) is 11.7. The monoisotopic (exact) mass is 332 g/mol. The van der Waals surface area contributed by atoms with E-state index < -0.39 is 0 Å². The summed E-state index contributed by atoms with van der Waals surface area (Å²) in [4.78, 5) is 0. The Morgan fingerprint density at radius 3 is 2.17 bits per heavy atom. The van der Waals surface area contributed by atoms with Crippen LogP contribution in [0.5, 0.6) is 34.5 Å².